The fraction of sp³-hybridized carbons (Fsp3) is 0.923. The second-order valence-electron chi connectivity index (χ2n) is 4.41. The summed E-state index contributed by atoms with van der Waals surface area (Å²) in [5.74, 6) is 0.0221. The molecule has 0 radical (unpaired) electrons. The Kier molecular flexibility index (Phi) is 13.2. The van der Waals surface area contributed by atoms with Gasteiger partial charge in [0.15, 0.2) is 0 Å². The molecule has 0 aromatic heterocycles. The Bertz CT molecular complexity index is 213. The molecule has 1 amide bonds. The monoisotopic (exact) mass is 276 g/mol. The van der Waals surface area contributed by atoms with Crippen molar-refractivity contribution in [1.82, 2.24) is 10.6 Å². The minimum atomic E-state index is 0.0221. The molecule has 2 N–H and O–H groups in total. The number of likely N-dealkylation sites (N-methyl/N-ethyl adjacent to an activating group) is 1. The molecule has 0 fully saturated rings. The molecule has 0 bridgehead atoms. The lowest BCUT2D eigenvalue weighted by Crippen LogP contribution is -2.30. The van der Waals surface area contributed by atoms with Crippen LogP contribution in [0.1, 0.15) is 20.3 Å². The SMILES string of the molecule is CNCCOCCOCCOCCC(=O)NC(C)C. The van der Waals surface area contributed by atoms with E-state index in [4.69, 9.17) is 14.2 Å². The molecule has 0 aliphatic carbocycles. The van der Waals surface area contributed by atoms with Crippen LogP contribution >= 0.6 is 0 Å². The largest absolute Gasteiger partial charge is 0.379 e. The normalized spacial score (nSPS) is 10.9. The predicted octanol–water partition coefficient (Wildman–Crippen LogP) is 0.170. The number of carbonyl (C=O) groups is 1. The fourth-order valence-electron chi connectivity index (χ4n) is 1.28. The molecule has 114 valence electrons. The van der Waals surface area contributed by atoms with Gasteiger partial charge in [-0.15, -0.1) is 0 Å². The predicted molar refractivity (Wildman–Crippen MR) is 74.3 cm³/mol. The Morgan fingerprint density at radius 3 is 2.00 bits per heavy atom. The van der Waals surface area contributed by atoms with Crippen LogP contribution in [0.5, 0.6) is 0 Å². The third kappa shape index (κ3) is 15.3. The van der Waals surface area contributed by atoms with Gasteiger partial charge < -0.3 is 24.8 Å². The maximum atomic E-state index is 11.3. The van der Waals surface area contributed by atoms with Crippen LogP contribution in [0, 0.1) is 0 Å². The summed E-state index contributed by atoms with van der Waals surface area (Å²) in [7, 11) is 1.89. The van der Waals surface area contributed by atoms with Crippen molar-refractivity contribution in [2.45, 2.75) is 26.3 Å². The third-order valence-corrected chi connectivity index (χ3v) is 2.16. The Morgan fingerprint density at radius 2 is 1.47 bits per heavy atom. The summed E-state index contributed by atoms with van der Waals surface area (Å²) >= 11 is 0. The number of hydrogen-bond acceptors (Lipinski definition) is 5. The number of nitrogens with one attached hydrogen (secondary N) is 2. The molecule has 0 aromatic rings. The van der Waals surface area contributed by atoms with Gasteiger partial charge in [-0.2, -0.15) is 0 Å². The first-order valence-corrected chi connectivity index (χ1v) is 6.84. The average molecular weight is 276 g/mol. The van der Waals surface area contributed by atoms with Gasteiger partial charge in [0.2, 0.25) is 5.91 Å². The first kappa shape index (κ1) is 18.3. The number of amides is 1. The zero-order valence-electron chi connectivity index (χ0n) is 12.4. The fourth-order valence-corrected chi connectivity index (χ4v) is 1.28. The van der Waals surface area contributed by atoms with Gasteiger partial charge in [0.1, 0.15) is 0 Å². The Labute approximate surface area is 116 Å². The van der Waals surface area contributed by atoms with E-state index in [1.807, 2.05) is 20.9 Å². The van der Waals surface area contributed by atoms with Crippen LogP contribution in [-0.2, 0) is 19.0 Å². The summed E-state index contributed by atoms with van der Waals surface area (Å²) in [4.78, 5) is 11.3. The maximum Gasteiger partial charge on any atom is 0.222 e. The van der Waals surface area contributed by atoms with Gasteiger partial charge in [-0.05, 0) is 20.9 Å². The first-order valence-electron chi connectivity index (χ1n) is 6.84. The van der Waals surface area contributed by atoms with Crippen molar-refractivity contribution in [2.24, 2.45) is 0 Å². The van der Waals surface area contributed by atoms with E-state index in [1.54, 1.807) is 0 Å². The highest BCUT2D eigenvalue weighted by molar-refractivity contribution is 5.76. The number of ether oxygens (including phenoxy) is 3. The lowest BCUT2D eigenvalue weighted by atomic mass is 10.3. The third-order valence-electron chi connectivity index (χ3n) is 2.16. The molecular formula is C13H28N2O4. The average Bonchev–Trinajstić information content (AvgIpc) is 2.35. The van der Waals surface area contributed by atoms with Gasteiger partial charge >= 0.3 is 0 Å². The van der Waals surface area contributed by atoms with Crippen molar-refractivity contribution in [3.8, 4) is 0 Å². The summed E-state index contributed by atoms with van der Waals surface area (Å²) < 4.78 is 15.9. The lowest BCUT2D eigenvalue weighted by molar-refractivity contribution is -0.122. The van der Waals surface area contributed by atoms with E-state index in [9.17, 15) is 4.79 Å². The standard InChI is InChI=1S/C13H28N2O4/c1-12(2)15-13(16)4-6-17-8-10-19-11-9-18-7-5-14-3/h12,14H,4-11H2,1-3H3,(H,15,16). The van der Waals surface area contributed by atoms with Gasteiger partial charge in [0.05, 0.1) is 39.6 Å². The highest BCUT2D eigenvalue weighted by atomic mass is 16.5. The molecule has 0 atom stereocenters. The molecule has 0 aliphatic rings. The van der Waals surface area contributed by atoms with E-state index in [-0.39, 0.29) is 11.9 Å². The Hall–Kier alpha value is -0.690. The second-order valence-corrected chi connectivity index (χ2v) is 4.41. The molecule has 0 unspecified atom stereocenters. The number of carbonyl (C=O) groups excluding carboxylic acids is 1. The molecule has 6 nitrogen and oxygen atoms in total. The lowest BCUT2D eigenvalue weighted by Gasteiger charge is -2.09. The summed E-state index contributed by atoms with van der Waals surface area (Å²) in [6.45, 7) is 8.05. The van der Waals surface area contributed by atoms with Crippen LogP contribution in [0.2, 0.25) is 0 Å². The van der Waals surface area contributed by atoms with Crippen LogP contribution < -0.4 is 10.6 Å². The van der Waals surface area contributed by atoms with Crippen molar-refractivity contribution in [1.29, 1.82) is 0 Å². The van der Waals surface area contributed by atoms with Gasteiger partial charge in [0.25, 0.3) is 0 Å². The Balaban J connectivity index is 3.08. The molecule has 6 heteroatoms. The van der Waals surface area contributed by atoms with E-state index >= 15 is 0 Å². The second kappa shape index (κ2) is 13.7. The summed E-state index contributed by atoms with van der Waals surface area (Å²) in [6.07, 6.45) is 0.394. The van der Waals surface area contributed by atoms with Crippen LogP contribution in [0.4, 0.5) is 0 Å². The molecule has 0 rings (SSSR count). The van der Waals surface area contributed by atoms with Gasteiger partial charge in [-0.3, -0.25) is 4.79 Å². The Morgan fingerprint density at radius 1 is 0.947 bits per heavy atom. The molecule has 0 heterocycles. The van der Waals surface area contributed by atoms with Gasteiger partial charge in [0, 0.05) is 19.0 Å². The topological polar surface area (TPSA) is 68.8 Å². The van der Waals surface area contributed by atoms with E-state index < -0.39 is 0 Å². The van der Waals surface area contributed by atoms with Crippen LogP contribution in [0.15, 0.2) is 0 Å². The molecule has 0 saturated carbocycles. The van der Waals surface area contributed by atoms with E-state index in [2.05, 4.69) is 10.6 Å². The van der Waals surface area contributed by atoms with Crippen molar-refractivity contribution in [3.63, 3.8) is 0 Å². The summed E-state index contributed by atoms with van der Waals surface area (Å²) in [5.41, 5.74) is 0. The molecule has 0 aliphatic heterocycles. The molecule has 19 heavy (non-hydrogen) atoms. The summed E-state index contributed by atoms with van der Waals surface area (Å²) in [5, 5.41) is 5.80. The van der Waals surface area contributed by atoms with E-state index in [0.717, 1.165) is 6.54 Å². The van der Waals surface area contributed by atoms with Gasteiger partial charge in [-0.25, -0.2) is 0 Å². The highest BCUT2D eigenvalue weighted by Crippen LogP contribution is 1.87. The molecular weight excluding hydrogens is 248 g/mol. The molecule has 0 saturated heterocycles. The highest BCUT2D eigenvalue weighted by Gasteiger charge is 2.02. The van der Waals surface area contributed by atoms with Crippen molar-refractivity contribution in [2.75, 3.05) is 53.2 Å². The zero-order valence-corrected chi connectivity index (χ0v) is 12.4. The molecule has 0 spiro atoms. The number of rotatable bonds is 13. The zero-order chi connectivity index (χ0) is 14.3. The minimum Gasteiger partial charge on any atom is -0.379 e. The van der Waals surface area contributed by atoms with Crippen LogP contribution in [-0.4, -0.2) is 65.2 Å². The van der Waals surface area contributed by atoms with E-state index in [1.165, 1.54) is 0 Å². The number of hydrogen-bond donors (Lipinski definition) is 2. The van der Waals surface area contributed by atoms with E-state index in [0.29, 0.717) is 46.1 Å². The quantitative estimate of drug-likeness (QED) is 0.469. The smallest absolute Gasteiger partial charge is 0.222 e. The van der Waals surface area contributed by atoms with Crippen molar-refractivity contribution >= 4 is 5.91 Å². The minimum absolute atomic E-state index is 0.0221. The van der Waals surface area contributed by atoms with Crippen LogP contribution in [0.3, 0.4) is 0 Å². The van der Waals surface area contributed by atoms with Crippen molar-refractivity contribution in [3.05, 3.63) is 0 Å². The van der Waals surface area contributed by atoms with Gasteiger partial charge in [-0.1, -0.05) is 0 Å². The maximum absolute atomic E-state index is 11.3. The summed E-state index contributed by atoms with van der Waals surface area (Å²) in [6, 6.07) is 0.179. The van der Waals surface area contributed by atoms with Crippen LogP contribution in [0.25, 0.3) is 0 Å². The molecule has 0 aromatic carbocycles. The first-order chi connectivity index (χ1) is 9.16. The van der Waals surface area contributed by atoms with Crippen molar-refractivity contribution < 1.29 is 19.0 Å².